The van der Waals surface area contributed by atoms with E-state index >= 15 is 0 Å². The molecule has 0 amide bonds. The van der Waals surface area contributed by atoms with Gasteiger partial charge < -0.3 is 0 Å². The maximum atomic E-state index is 4.27. The highest BCUT2D eigenvalue weighted by atomic mass is 32.1. The van der Waals surface area contributed by atoms with Crippen LogP contribution < -0.4 is 0 Å². The van der Waals surface area contributed by atoms with Crippen molar-refractivity contribution in [3.8, 4) is 0 Å². The molecule has 0 saturated heterocycles. The van der Waals surface area contributed by atoms with Crippen LogP contribution in [0, 0.1) is 0 Å². The lowest BCUT2D eigenvalue weighted by Crippen LogP contribution is -1.96. The Morgan fingerprint density at radius 2 is 1.27 bits per heavy atom. The molecule has 0 N–H and O–H groups in total. The van der Waals surface area contributed by atoms with Gasteiger partial charge in [-0.3, -0.25) is 0 Å². The van der Waals surface area contributed by atoms with Gasteiger partial charge in [0.1, 0.15) is 0 Å². The molecular formula is C8H14N2S. The highest BCUT2D eigenvalue weighted by molar-refractivity contribution is 6.99. The van der Waals surface area contributed by atoms with Crippen LogP contribution in [0.5, 0.6) is 0 Å². The van der Waals surface area contributed by atoms with Gasteiger partial charge in [-0.1, -0.05) is 27.7 Å². The zero-order valence-corrected chi connectivity index (χ0v) is 8.27. The van der Waals surface area contributed by atoms with Crippen molar-refractivity contribution >= 4 is 11.7 Å². The van der Waals surface area contributed by atoms with E-state index in [2.05, 4.69) is 36.4 Å². The van der Waals surface area contributed by atoms with Gasteiger partial charge in [0.25, 0.3) is 0 Å². The Bertz CT molecular complexity index is 205. The van der Waals surface area contributed by atoms with Crippen LogP contribution in [-0.4, -0.2) is 8.75 Å². The Morgan fingerprint density at radius 1 is 0.909 bits per heavy atom. The largest absolute Gasteiger partial charge is 0.178 e. The summed E-state index contributed by atoms with van der Waals surface area (Å²) in [5.41, 5.74) is 2.34. The standard InChI is InChI=1S/C8H14N2S/c1-5(2)7-8(6(3)4)10-11-9-7/h5-6H,1-4H3. The van der Waals surface area contributed by atoms with E-state index in [0.29, 0.717) is 11.8 Å². The summed E-state index contributed by atoms with van der Waals surface area (Å²) in [6.07, 6.45) is 0. The lowest BCUT2D eigenvalue weighted by Gasteiger charge is -2.05. The van der Waals surface area contributed by atoms with Crippen LogP contribution in [0.25, 0.3) is 0 Å². The van der Waals surface area contributed by atoms with Crippen molar-refractivity contribution in [2.45, 2.75) is 39.5 Å². The third-order valence-corrected chi connectivity index (χ3v) is 2.19. The van der Waals surface area contributed by atoms with Crippen molar-refractivity contribution < 1.29 is 0 Å². The summed E-state index contributed by atoms with van der Waals surface area (Å²) in [4.78, 5) is 0. The summed E-state index contributed by atoms with van der Waals surface area (Å²) >= 11 is 1.32. The summed E-state index contributed by atoms with van der Waals surface area (Å²) in [6, 6.07) is 0. The van der Waals surface area contributed by atoms with Crippen LogP contribution in [0.3, 0.4) is 0 Å². The minimum atomic E-state index is 0.506. The molecule has 62 valence electrons. The lowest BCUT2D eigenvalue weighted by atomic mass is 10.0. The maximum Gasteiger partial charge on any atom is 0.0803 e. The summed E-state index contributed by atoms with van der Waals surface area (Å²) in [7, 11) is 0. The fourth-order valence-electron chi connectivity index (χ4n) is 1.00. The van der Waals surface area contributed by atoms with E-state index in [1.807, 2.05) is 0 Å². The van der Waals surface area contributed by atoms with E-state index in [1.165, 1.54) is 23.1 Å². The first-order chi connectivity index (χ1) is 5.13. The van der Waals surface area contributed by atoms with E-state index in [-0.39, 0.29) is 0 Å². The topological polar surface area (TPSA) is 25.8 Å². The van der Waals surface area contributed by atoms with Gasteiger partial charge in [0.15, 0.2) is 0 Å². The first kappa shape index (κ1) is 8.65. The SMILES string of the molecule is CC(C)c1nsnc1C(C)C. The fraction of sp³-hybridized carbons (Fsp3) is 0.750. The molecule has 1 aromatic heterocycles. The Hall–Kier alpha value is -0.440. The number of nitrogens with zero attached hydrogens (tertiary/aromatic N) is 2. The molecule has 11 heavy (non-hydrogen) atoms. The van der Waals surface area contributed by atoms with Crippen molar-refractivity contribution in [3.05, 3.63) is 11.4 Å². The van der Waals surface area contributed by atoms with E-state index in [1.54, 1.807) is 0 Å². The smallest absolute Gasteiger partial charge is 0.0803 e. The normalized spacial score (nSPS) is 11.5. The summed E-state index contributed by atoms with van der Waals surface area (Å²) in [5, 5.41) is 0. The number of hydrogen-bond acceptors (Lipinski definition) is 3. The van der Waals surface area contributed by atoms with Crippen molar-refractivity contribution in [3.63, 3.8) is 0 Å². The highest BCUT2D eigenvalue weighted by Crippen LogP contribution is 2.23. The minimum Gasteiger partial charge on any atom is -0.178 e. The van der Waals surface area contributed by atoms with Crippen LogP contribution in [0.2, 0.25) is 0 Å². The van der Waals surface area contributed by atoms with E-state index in [0.717, 1.165) is 0 Å². The molecule has 1 rings (SSSR count). The molecule has 1 heterocycles. The number of rotatable bonds is 2. The second kappa shape index (κ2) is 3.30. The van der Waals surface area contributed by atoms with Gasteiger partial charge in [0, 0.05) is 0 Å². The van der Waals surface area contributed by atoms with Crippen LogP contribution in [-0.2, 0) is 0 Å². The van der Waals surface area contributed by atoms with Crippen LogP contribution in [0.4, 0.5) is 0 Å². The molecule has 2 nitrogen and oxygen atoms in total. The maximum absolute atomic E-state index is 4.27. The number of hydrogen-bond donors (Lipinski definition) is 0. The summed E-state index contributed by atoms with van der Waals surface area (Å²) < 4.78 is 8.54. The predicted octanol–water partition coefficient (Wildman–Crippen LogP) is 2.78. The lowest BCUT2D eigenvalue weighted by molar-refractivity contribution is 0.759. The third kappa shape index (κ3) is 1.77. The van der Waals surface area contributed by atoms with Gasteiger partial charge >= 0.3 is 0 Å². The van der Waals surface area contributed by atoms with E-state index in [4.69, 9.17) is 0 Å². The highest BCUT2D eigenvalue weighted by Gasteiger charge is 2.13. The molecule has 1 aromatic rings. The summed E-state index contributed by atoms with van der Waals surface area (Å²) in [6.45, 7) is 8.62. The first-order valence-electron chi connectivity index (χ1n) is 3.95. The van der Waals surface area contributed by atoms with Gasteiger partial charge in [-0.25, -0.2) is 0 Å². The summed E-state index contributed by atoms with van der Waals surface area (Å²) in [5.74, 6) is 1.01. The van der Waals surface area contributed by atoms with Crippen LogP contribution in [0.1, 0.15) is 50.9 Å². The van der Waals surface area contributed by atoms with Gasteiger partial charge in [0.05, 0.1) is 23.1 Å². The second-order valence-corrected chi connectivity index (χ2v) is 3.87. The van der Waals surface area contributed by atoms with Gasteiger partial charge in [-0.05, 0) is 11.8 Å². The molecule has 0 radical (unpaired) electrons. The van der Waals surface area contributed by atoms with Gasteiger partial charge in [-0.2, -0.15) is 8.75 Å². The number of aromatic nitrogens is 2. The Balaban J connectivity index is 2.96. The Morgan fingerprint density at radius 3 is 1.55 bits per heavy atom. The first-order valence-corrected chi connectivity index (χ1v) is 4.68. The molecule has 0 aliphatic heterocycles. The molecule has 0 spiro atoms. The molecule has 0 aliphatic rings. The van der Waals surface area contributed by atoms with Crippen LogP contribution >= 0.6 is 11.7 Å². The third-order valence-electron chi connectivity index (χ3n) is 1.63. The van der Waals surface area contributed by atoms with Crippen molar-refractivity contribution in [1.82, 2.24) is 8.75 Å². The van der Waals surface area contributed by atoms with Crippen molar-refractivity contribution in [1.29, 1.82) is 0 Å². The Kier molecular flexibility index (Phi) is 2.60. The van der Waals surface area contributed by atoms with E-state index < -0.39 is 0 Å². The minimum absolute atomic E-state index is 0.506. The molecule has 0 aromatic carbocycles. The molecule has 0 unspecified atom stereocenters. The zero-order valence-electron chi connectivity index (χ0n) is 7.46. The molecule has 0 atom stereocenters. The molecule has 0 saturated carbocycles. The monoisotopic (exact) mass is 170 g/mol. The molecule has 0 aliphatic carbocycles. The van der Waals surface area contributed by atoms with E-state index in [9.17, 15) is 0 Å². The Labute approximate surface area is 72.0 Å². The molecule has 0 fully saturated rings. The van der Waals surface area contributed by atoms with Crippen molar-refractivity contribution in [2.24, 2.45) is 0 Å². The van der Waals surface area contributed by atoms with Crippen LogP contribution in [0.15, 0.2) is 0 Å². The quantitative estimate of drug-likeness (QED) is 0.682. The van der Waals surface area contributed by atoms with Gasteiger partial charge in [0.2, 0.25) is 0 Å². The van der Waals surface area contributed by atoms with Gasteiger partial charge in [-0.15, -0.1) is 0 Å². The second-order valence-electron chi connectivity index (χ2n) is 3.34. The zero-order chi connectivity index (χ0) is 8.43. The molecule has 0 bridgehead atoms. The van der Waals surface area contributed by atoms with Crippen molar-refractivity contribution in [2.75, 3.05) is 0 Å². The molecular weight excluding hydrogens is 156 g/mol. The average Bonchev–Trinajstić information content (AvgIpc) is 2.32. The molecule has 3 heteroatoms. The average molecular weight is 170 g/mol. The fourth-order valence-corrected chi connectivity index (χ4v) is 1.83. The predicted molar refractivity (Wildman–Crippen MR) is 48.1 cm³/mol.